The Bertz CT molecular complexity index is 1280. The van der Waals surface area contributed by atoms with E-state index in [1.165, 1.54) is 26.2 Å². The van der Waals surface area contributed by atoms with Gasteiger partial charge in [-0.05, 0) is 39.8 Å². The number of carbonyl (C=O) groups is 1. The van der Waals surface area contributed by atoms with E-state index in [-0.39, 0.29) is 17.6 Å². The van der Waals surface area contributed by atoms with Gasteiger partial charge in [0, 0.05) is 30.3 Å². The fourth-order valence-corrected chi connectivity index (χ4v) is 5.37. The molecule has 0 spiro atoms. The monoisotopic (exact) mass is 542 g/mol. The molecule has 0 saturated carbocycles. The van der Waals surface area contributed by atoms with Crippen LogP contribution in [0.25, 0.3) is 0 Å². The SMILES string of the molecule is CC(C)OC(=O)C(C)NP(=S)(O/C=C1/O[C@@H](n2ccc(=O)[nH]c2=O)[C@](C)(O)[C@@H]1O)Oc1cccnc1. The smallest absolute Gasteiger partial charge is 0.365 e. The number of H-pyrrole nitrogens is 1. The number of esters is 1. The number of aromatic amines is 1. The molecule has 36 heavy (non-hydrogen) atoms. The molecule has 2 aromatic heterocycles. The average molecular weight is 543 g/mol. The maximum absolute atomic E-state index is 12.3. The Morgan fingerprint density at radius 3 is 2.72 bits per heavy atom. The van der Waals surface area contributed by atoms with Crippen molar-refractivity contribution in [3.8, 4) is 5.75 Å². The van der Waals surface area contributed by atoms with Crippen molar-refractivity contribution < 1.29 is 33.5 Å². The molecule has 4 N–H and O–H groups in total. The topological polar surface area (TPSA) is 174 Å². The van der Waals surface area contributed by atoms with E-state index in [9.17, 15) is 24.6 Å². The highest BCUT2D eigenvalue weighted by Crippen LogP contribution is 2.47. The Hall–Kier alpha value is -3.03. The number of aliphatic hydroxyl groups is 2. The summed E-state index contributed by atoms with van der Waals surface area (Å²) in [6.07, 6.45) is 1.57. The van der Waals surface area contributed by atoms with E-state index in [4.69, 9.17) is 30.3 Å². The van der Waals surface area contributed by atoms with Crippen LogP contribution in [0.3, 0.4) is 0 Å². The van der Waals surface area contributed by atoms with Crippen LogP contribution in [0.1, 0.15) is 33.9 Å². The van der Waals surface area contributed by atoms with Crippen molar-refractivity contribution in [1.82, 2.24) is 19.6 Å². The first-order valence-corrected chi connectivity index (χ1v) is 13.4. The van der Waals surface area contributed by atoms with Gasteiger partial charge in [-0.2, -0.15) is 0 Å². The van der Waals surface area contributed by atoms with Crippen molar-refractivity contribution in [2.24, 2.45) is 0 Å². The number of ether oxygens (including phenoxy) is 2. The molecule has 196 valence electrons. The van der Waals surface area contributed by atoms with Gasteiger partial charge in [-0.1, -0.05) is 0 Å². The second-order valence-electron chi connectivity index (χ2n) is 8.36. The van der Waals surface area contributed by atoms with Gasteiger partial charge in [0.2, 0.25) is 6.23 Å². The Labute approximate surface area is 210 Å². The Balaban J connectivity index is 1.88. The summed E-state index contributed by atoms with van der Waals surface area (Å²) >= 11 is 5.56. The largest absolute Gasteiger partial charge is 0.465 e. The number of hydrogen-bond acceptors (Lipinski definition) is 11. The van der Waals surface area contributed by atoms with Gasteiger partial charge in [0.1, 0.15) is 24.2 Å². The van der Waals surface area contributed by atoms with Crippen molar-refractivity contribution in [3.05, 3.63) is 69.6 Å². The lowest BCUT2D eigenvalue weighted by atomic mass is 9.99. The third-order valence-corrected chi connectivity index (χ3v) is 7.24. The molecule has 0 aliphatic carbocycles. The number of aromatic nitrogens is 3. The highest BCUT2D eigenvalue weighted by Gasteiger charge is 2.52. The third kappa shape index (κ3) is 6.39. The Morgan fingerprint density at radius 1 is 1.39 bits per heavy atom. The number of aliphatic hydroxyl groups excluding tert-OH is 1. The molecule has 1 aliphatic heterocycles. The molecule has 3 rings (SSSR count). The number of hydrogen-bond donors (Lipinski definition) is 4. The molecule has 0 amide bonds. The lowest BCUT2D eigenvalue weighted by molar-refractivity contribution is -0.149. The molecule has 3 heterocycles. The van der Waals surface area contributed by atoms with Crippen LogP contribution in [0.5, 0.6) is 5.75 Å². The van der Waals surface area contributed by atoms with Gasteiger partial charge in [-0.3, -0.25) is 24.1 Å². The molecule has 15 heteroatoms. The van der Waals surface area contributed by atoms with Crippen LogP contribution >= 0.6 is 6.64 Å². The van der Waals surface area contributed by atoms with Crippen molar-refractivity contribution >= 4 is 24.4 Å². The summed E-state index contributed by atoms with van der Waals surface area (Å²) in [5.74, 6) is -0.622. The van der Waals surface area contributed by atoms with Crippen molar-refractivity contribution in [1.29, 1.82) is 0 Å². The van der Waals surface area contributed by atoms with Crippen LogP contribution in [0.15, 0.2) is 58.4 Å². The number of carbonyl (C=O) groups excluding carboxylic acids is 1. The van der Waals surface area contributed by atoms with Gasteiger partial charge in [-0.15, -0.1) is 0 Å². The van der Waals surface area contributed by atoms with Gasteiger partial charge in [-0.25, -0.2) is 9.88 Å². The van der Waals surface area contributed by atoms with E-state index < -0.39 is 47.8 Å². The van der Waals surface area contributed by atoms with Crippen LogP contribution in [-0.4, -0.2) is 54.6 Å². The number of pyridine rings is 1. The van der Waals surface area contributed by atoms with E-state index >= 15 is 0 Å². The van der Waals surface area contributed by atoms with E-state index in [0.717, 1.165) is 23.1 Å². The predicted octanol–water partition coefficient (Wildman–Crippen LogP) is 0.664. The minimum Gasteiger partial charge on any atom is -0.465 e. The summed E-state index contributed by atoms with van der Waals surface area (Å²) in [7, 11) is 0. The second kappa shape index (κ2) is 10.9. The molecule has 1 saturated heterocycles. The molecular weight excluding hydrogens is 515 g/mol. The highest BCUT2D eigenvalue weighted by atomic mass is 32.5. The maximum Gasteiger partial charge on any atom is 0.365 e. The fraction of sp³-hybridized carbons (Fsp3) is 0.429. The standard InChI is InChI=1S/C21H27N4O9PS/c1-12(2)32-18(28)13(3)24-35(36,34-14-6-5-8-22-10-14)31-11-15-17(27)21(4,30)19(33-15)25-9-7-16(26)23-20(25)29/h5-13,17,19,27,30H,1-4H3,(H,24,36)(H,23,26,29)/b15-11+/t13?,17-,19-,21-,35?/m1/s1. The predicted molar refractivity (Wildman–Crippen MR) is 130 cm³/mol. The van der Waals surface area contributed by atoms with Crippen LogP contribution in [-0.2, 0) is 30.6 Å². The van der Waals surface area contributed by atoms with Gasteiger partial charge < -0.3 is 28.7 Å². The molecule has 1 aliphatic rings. The summed E-state index contributed by atoms with van der Waals surface area (Å²) in [6, 6.07) is 3.32. The molecule has 13 nitrogen and oxygen atoms in total. The lowest BCUT2D eigenvalue weighted by Gasteiger charge is -2.26. The molecule has 1 fully saturated rings. The fourth-order valence-electron chi connectivity index (χ4n) is 3.14. The van der Waals surface area contributed by atoms with Gasteiger partial charge in [0.25, 0.3) is 5.56 Å². The van der Waals surface area contributed by atoms with Crippen LogP contribution in [0.2, 0.25) is 0 Å². The van der Waals surface area contributed by atoms with Gasteiger partial charge in [0.15, 0.2) is 11.4 Å². The van der Waals surface area contributed by atoms with Crippen LogP contribution in [0.4, 0.5) is 0 Å². The minimum absolute atomic E-state index is 0.244. The molecule has 0 bridgehead atoms. The van der Waals surface area contributed by atoms with Gasteiger partial charge >= 0.3 is 18.3 Å². The van der Waals surface area contributed by atoms with Crippen molar-refractivity contribution in [2.45, 2.75) is 57.8 Å². The zero-order chi connectivity index (χ0) is 26.7. The maximum atomic E-state index is 12.3. The van der Waals surface area contributed by atoms with Crippen molar-refractivity contribution in [3.63, 3.8) is 0 Å². The van der Waals surface area contributed by atoms with Crippen LogP contribution < -0.4 is 20.9 Å². The Morgan fingerprint density at radius 2 is 2.11 bits per heavy atom. The number of nitrogens with one attached hydrogen (secondary N) is 2. The van der Waals surface area contributed by atoms with Crippen molar-refractivity contribution in [2.75, 3.05) is 0 Å². The zero-order valence-corrected chi connectivity index (χ0v) is 21.6. The summed E-state index contributed by atoms with van der Waals surface area (Å²) in [5.41, 5.74) is -3.49. The Kier molecular flexibility index (Phi) is 8.37. The normalized spacial score (nSPS) is 25.1. The molecular formula is C21H27N4O9PS. The lowest BCUT2D eigenvalue weighted by Crippen LogP contribution is -2.45. The third-order valence-electron chi connectivity index (χ3n) is 4.90. The molecule has 2 unspecified atom stereocenters. The number of rotatable bonds is 9. The van der Waals surface area contributed by atoms with E-state index in [1.807, 2.05) is 4.98 Å². The first-order chi connectivity index (χ1) is 16.8. The second-order valence-corrected chi connectivity index (χ2v) is 11.4. The highest BCUT2D eigenvalue weighted by molar-refractivity contribution is 8.09. The average Bonchev–Trinajstić information content (AvgIpc) is 3.01. The minimum atomic E-state index is -3.55. The molecule has 0 aromatic carbocycles. The van der Waals surface area contributed by atoms with E-state index in [0.29, 0.717) is 0 Å². The molecule has 5 atom stereocenters. The summed E-state index contributed by atoms with van der Waals surface area (Å²) in [4.78, 5) is 41.9. The molecule has 2 aromatic rings. The van der Waals surface area contributed by atoms with E-state index in [1.54, 1.807) is 26.0 Å². The first-order valence-electron chi connectivity index (χ1n) is 10.8. The summed E-state index contributed by atoms with van der Waals surface area (Å²) in [6.45, 7) is 2.60. The quantitative estimate of drug-likeness (QED) is 0.198. The zero-order valence-electron chi connectivity index (χ0n) is 19.9. The van der Waals surface area contributed by atoms with Gasteiger partial charge in [0.05, 0.1) is 12.3 Å². The summed E-state index contributed by atoms with van der Waals surface area (Å²) in [5, 5.41) is 24.3. The first kappa shape index (κ1) is 27.6. The van der Waals surface area contributed by atoms with Crippen LogP contribution in [0, 0.1) is 0 Å². The summed E-state index contributed by atoms with van der Waals surface area (Å²) < 4.78 is 23.2. The number of nitrogens with zero attached hydrogens (tertiary/aromatic N) is 2. The van der Waals surface area contributed by atoms with E-state index in [2.05, 4.69) is 10.1 Å². The molecule has 0 radical (unpaired) electrons.